The molecule has 110 valence electrons. The minimum Gasteiger partial charge on any atom is -0.478 e. The molecule has 1 aromatic carbocycles. The Hall–Kier alpha value is -1.39. The number of hydrogen-bond acceptors (Lipinski definition) is 3. The second-order valence-electron chi connectivity index (χ2n) is 5.96. The van der Waals surface area contributed by atoms with Crippen molar-refractivity contribution < 1.29 is 9.90 Å². The normalized spacial score (nSPS) is 20.2. The van der Waals surface area contributed by atoms with Crippen molar-refractivity contribution in [3.63, 3.8) is 0 Å². The van der Waals surface area contributed by atoms with Crippen molar-refractivity contribution >= 4 is 5.97 Å². The highest BCUT2D eigenvalue weighted by Crippen LogP contribution is 2.17. The smallest absolute Gasteiger partial charge is 0.335 e. The van der Waals surface area contributed by atoms with Gasteiger partial charge < -0.3 is 10.4 Å². The van der Waals surface area contributed by atoms with Gasteiger partial charge in [-0.25, -0.2) is 4.79 Å². The van der Waals surface area contributed by atoms with Crippen LogP contribution in [0, 0.1) is 5.92 Å². The number of nitrogens with one attached hydrogen (secondary N) is 1. The number of carbonyl (C=O) groups is 1. The molecule has 2 rings (SSSR count). The monoisotopic (exact) mass is 276 g/mol. The van der Waals surface area contributed by atoms with Gasteiger partial charge in [-0.3, -0.25) is 4.90 Å². The zero-order valence-electron chi connectivity index (χ0n) is 12.3. The lowest BCUT2D eigenvalue weighted by atomic mass is 10.00. The second kappa shape index (κ2) is 6.86. The Labute approximate surface area is 120 Å². The largest absolute Gasteiger partial charge is 0.478 e. The van der Waals surface area contributed by atoms with Crippen LogP contribution < -0.4 is 5.32 Å². The molecule has 0 spiro atoms. The van der Waals surface area contributed by atoms with E-state index in [1.807, 2.05) is 12.1 Å². The molecule has 0 aromatic heterocycles. The standard InChI is InChI=1S/C16H24N2O2/c1-12(2)8-15-10-17-6-7-18(15)11-13-4-3-5-14(9-13)16(19)20/h3-5,9,12,15,17H,6-8,10-11H2,1-2H3,(H,19,20)/t15-/m0/s1. The van der Waals surface area contributed by atoms with E-state index in [1.165, 1.54) is 6.42 Å². The average molecular weight is 276 g/mol. The van der Waals surface area contributed by atoms with E-state index in [1.54, 1.807) is 12.1 Å². The molecular formula is C16H24N2O2. The van der Waals surface area contributed by atoms with E-state index in [9.17, 15) is 4.79 Å². The minimum atomic E-state index is -0.856. The molecule has 20 heavy (non-hydrogen) atoms. The first-order valence-corrected chi connectivity index (χ1v) is 7.33. The summed E-state index contributed by atoms with van der Waals surface area (Å²) in [7, 11) is 0. The van der Waals surface area contributed by atoms with E-state index in [0.717, 1.165) is 31.7 Å². The fraction of sp³-hybridized carbons (Fsp3) is 0.562. The predicted octanol–water partition coefficient (Wildman–Crippen LogP) is 2.20. The van der Waals surface area contributed by atoms with E-state index in [-0.39, 0.29) is 0 Å². The summed E-state index contributed by atoms with van der Waals surface area (Å²) in [6, 6.07) is 7.82. The van der Waals surface area contributed by atoms with Crippen LogP contribution in [0.3, 0.4) is 0 Å². The summed E-state index contributed by atoms with van der Waals surface area (Å²) >= 11 is 0. The van der Waals surface area contributed by atoms with Gasteiger partial charge in [0.05, 0.1) is 5.56 Å². The lowest BCUT2D eigenvalue weighted by Gasteiger charge is -2.37. The highest BCUT2D eigenvalue weighted by molar-refractivity contribution is 5.87. The minimum absolute atomic E-state index is 0.373. The molecule has 4 nitrogen and oxygen atoms in total. The van der Waals surface area contributed by atoms with E-state index in [2.05, 4.69) is 24.1 Å². The molecule has 1 heterocycles. The summed E-state index contributed by atoms with van der Waals surface area (Å²) in [4.78, 5) is 13.5. The number of carboxylic acids is 1. The topological polar surface area (TPSA) is 52.6 Å². The molecular weight excluding hydrogens is 252 g/mol. The molecule has 4 heteroatoms. The van der Waals surface area contributed by atoms with Crippen LogP contribution in [-0.2, 0) is 6.54 Å². The summed E-state index contributed by atoms with van der Waals surface area (Å²) in [6.45, 7) is 8.38. The van der Waals surface area contributed by atoms with Gasteiger partial charge in [-0.1, -0.05) is 26.0 Å². The number of rotatable bonds is 5. The van der Waals surface area contributed by atoms with Gasteiger partial charge in [-0.2, -0.15) is 0 Å². The average Bonchev–Trinajstić information content (AvgIpc) is 2.41. The van der Waals surface area contributed by atoms with Gasteiger partial charge in [-0.05, 0) is 30.0 Å². The van der Waals surface area contributed by atoms with Crippen molar-refractivity contribution in [2.45, 2.75) is 32.9 Å². The highest BCUT2D eigenvalue weighted by atomic mass is 16.4. The zero-order valence-corrected chi connectivity index (χ0v) is 12.3. The van der Waals surface area contributed by atoms with Crippen LogP contribution in [0.4, 0.5) is 0 Å². The van der Waals surface area contributed by atoms with Crippen LogP contribution in [0.25, 0.3) is 0 Å². The first kappa shape index (κ1) is 15.0. The van der Waals surface area contributed by atoms with Gasteiger partial charge >= 0.3 is 5.97 Å². The molecule has 1 saturated heterocycles. The molecule has 2 N–H and O–H groups in total. The lowest BCUT2D eigenvalue weighted by molar-refractivity contribution is 0.0696. The zero-order chi connectivity index (χ0) is 14.5. The lowest BCUT2D eigenvalue weighted by Crippen LogP contribution is -2.51. The Bertz CT molecular complexity index is 460. The van der Waals surface area contributed by atoms with Crippen molar-refractivity contribution in [3.8, 4) is 0 Å². The maximum Gasteiger partial charge on any atom is 0.335 e. The number of aromatic carboxylic acids is 1. The number of carboxylic acid groups (broad SMARTS) is 1. The van der Waals surface area contributed by atoms with Crippen molar-refractivity contribution in [1.29, 1.82) is 0 Å². The fourth-order valence-corrected chi connectivity index (χ4v) is 2.82. The number of benzene rings is 1. The van der Waals surface area contributed by atoms with Crippen LogP contribution in [-0.4, -0.2) is 41.7 Å². The Morgan fingerprint density at radius 1 is 1.50 bits per heavy atom. The Balaban J connectivity index is 2.06. The van der Waals surface area contributed by atoms with Crippen molar-refractivity contribution in [1.82, 2.24) is 10.2 Å². The fourth-order valence-electron chi connectivity index (χ4n) is 2.82. The molecule has 1 aliphatic heterocycles. The number of nitrogens with zero attached hydrogens (tertiary/aromatic N) is 1. The van der Waals surface area contributed by atoms with Gasteiger partial charge in [0, 0.05) is 32.2 Å². The van der Waals surface area contributed by atoms with E-state index < -0.39 is 5.97 Å². The molecule has 0 aliphatic carbocycles. The van der Waals surface area contributed by atoms with E-state index in [0.29, 0.717) is 17.5 Å². The molecule has 0 bridgehead atoms. The van der Waals surface area contributed by atoms with Crippen molar-refractivity contribution in [2.24, 2.45) is 5.92 Å². The summed E-state index contributed by atoms with van der Waals surface area (Å²) < 4.78 is 0. The number of piperazine rings is 1. The first-order valence-electron chi connectivity index (χ1n) is 7.33. The predicted molar refractivity (Wildman–Crippen MR) is 79.9 cm³/mol. The molecule has 0 amide bonds. The van der Waals surface area contributed by atoms with Crippen LogP contribution in [0.2, 0.25) is 0 Å². The van der Waals surface area contributed by atoms with Crippen molar-refractivity contribution in [3.05, 3.63) is 35.4 Å². The number of hydrogen-bond donors (Lipinski definition) is 2. The SMILES string of the molecule is CC(C)C[C@H]1CNCCN1Cc1cccc(C(=O)O)c1. The summed E-state index contributed by atoms with van der Waals surface area (Å²) in [5.74, 6) is -0.182. The quantitative estimate of drug-likeness (QED) is 0.865. The summed E-state index contributed by atoms with van der Waals surface area (Å²) in [5, 5.41) is 12.5. The van der Waals surface area contributed by atoms with E-state index >= 15 is 0 Å². The Kier molecular flexibility index (Phi) is 5.15. The molecule has 1 atom stereocenters. The third-order valence-corrected chi connectivity index (χ3v) is 3.78. The second-order valence-corrected chi connectivity index (χ2v) is 5.96. The molecule has 1 aliphatic rings. The molecule has 0 unspecified atom stereocenters. The van der Waals surface area contributed by atoms with Crippen LogP contribution in [0.1, 0.15) is 36.2 Å². The third-order valence-electron chi connectivity index (χ3n) is 3.78. The van der Waals surface area contributed by atoms with Gasteiger partial charge in [0.1, 0.15) is 0 Å². The molecule has 1 fully saturated rings. The van der Waals surface area contributed by atoms with Crippen LogP contribution in [0.15, 0.2) is 24.3 Å². The van der Waals surface area contributed by atoms with Gasteiger partial charge in [-0.15, -0.1) is 0 Å². The third kappa shape index (κ3) is 4.05. The molecule has 1 aromatic rings. The van der Waals surface area contributed by atoms with Gasteiger partial charge in [0.2, 0.25) is 0 Å². The Morgan fingerprint density at radius 3 is 3.00 bits per heavy atom. The first-order chi connectivity index (χ1) is 9.56. The van der Waals surface area contributed by atoms with E-state index in [4.69, 9.17) is 5.11 Å². The Morgan fingerprint density at radius 2 is 2.30 bits per heavy atom. The maximum atomic E-state index is 11.0. The maximum absolute atomic E-state index is 11.0. The summed E-state index contributed by atoms with van der Waals surface area (Å²) in [6.07, 6.45) is 1.17. The molecule has 0 saturated carbocycles. The summed E-state index contributed by atoms with van der Waals surface area (Å²) in [5.41, 5.74) is 1.46. The van der Waals surface area contributed by atoms with Crippen LogP contribution >= 0.6 is 0 Å². The molecule has 0 radical (unpaired) electrons. The van der Waals surface area contributed by atoms with Crippen molar-refractivity contribution in [2.75, 3.05) is 19.6 Å². The van der Waals surface area contributed by atoms with Gasteiger partial charge in [0.15, 0.2) is 0 Å². The van der Waals surface area contributed by atoms with Gasteiger partial charge in [0.25, 0.3) is 0 Å². The highest BCUT2D eigenvalue weighted by Gasteiger charge is 2.23. The van der Waals surface area contributed by atoms with Crippen LogP contribution in [0.5, 0.6) is 0 Å².